The molecule has 0 fully saturated rings. The maximum absolute atomic E-state index is 5.64. The second kappa shape index (κ2) is 7.45. The first-order valence-corrected chi connectivity index (χ1v) is 8.08. The zero-order chi connectivity index (χ0) is 16.4. The third kappa shape index (κ3) is 3.69. The lowest BCUT2D eigenvalue weighted by atomic mass is 10.2. The Morgan fingerprint density at radius 2 is 1.72 bits per heavy atom. The molecule has 25 heavy (non-hydrogen) atoms. The minimum atomic E-state index is 0. The zero-order valence-corrected chi connectivity index (χ0v) is 14.8. The van der Waals surface area contributed by atoms with Gasteiger partial charge in [0.15, 0.2) is 0 Å². The first-order valence-electron chi connectivity index (χ1n) is 8.08. The van der Waals surface area contributed by atoms with Crippen molar-refractivity contribution >= 4 is 29.4 Å². The summed E-state index contributed by atoms with van der Waals surface area (Å²) in [5.41, 5.74) is 3.36. The SMILES string of the molecule is Cc1ccc(CNc2nc3ccccc3n2Cc2ccccc2)o1.Cl. The highest BCUT2D eigenvalue weighted by atomic mass is 35.5. The van der Waals surface area contributed by atoms with Gasteiger partial charge in [-0.2, -0.15) is 0 Å². The molecule has 2 heterocycles. The number of furan rings is 1. The summed E-state index contributed by atoms with van der Waals surface area (Å²) in [5, 5.41) is 3.41. The molecule has 0 bridgehead atoms. The highest BCUT2D eigenvalue weighted by Crippen LogP contribution is 2.22. The van der Waals surface area contributed by atoms with E-state index in [1.54, 1.807) is 0 Å². The lowest BCUT2D eigenvalue weighted by Gasteiger charge is -2.10. The number of halogens is 1. The zero-order valence-electron chi connectivity index (χ0n) is 14.0. The van der Waals surface area contributed by atoms with Crippen LogP contribution in [-0.2, 0) is 13.1 Å². The topological polar surface area (TPSA) is 43.0 Å². The Balaban J connectivity index is 0.00000182. The summed E-state index contributed by atoms with van der Waals surface area (Å²) in [6.45, 7) is 3.35. The number of hydrogen-bond donors (Lipinski definition) is 1. The van der Waals surface area contributed by atoms with Crippen LogP contribution >= 0.6 is 12.4 Å². The van der Waals surface area contributed by atoms with Gasteiger partial charge in [0.2, 0.25) is 5.95 Å². The van der Waals surface area contributed by atoms with Crippen molar-refractivity contribution in [1.29, 1.82) is 0 Å². The largest absolute Gasteiger partial charge is 0.465 e. The van der Waals surface area contributed by atoms with E-state index >= 15 is 0 Å². The number of aryl methyl sites for hydroxylation is 1. The maximum atomic E-state index is 5.64. The second-order valence-electron chi connectivity index (χ2n) is 5.86. The molecule has 2 aromatic heterocycles. The predicted octanol–water partition coefficient (Wildman–Crippen LogP) is 5.02. The predicted molar refractivity (Wildman–Crippen MR) is 103 cm³/mol. The smallest absolute Gasteiger partial charge is 0.204 e. The van der Waals surface area contributed by atoms with Gasteiger partial charge in [-0.15, -0.1) is 12.4 Å². The monoisotopic (exact) mass is 353 g/mol. The number of hydrogen-bond acceptors (Lipinski definition) is 3. The highest BCUT2D eigenvalue weighted by molar-refractivity contribution is 5.85. The van der Waals surface area contributed by atoms with Crippen molar-refractivity contribution in [2.75, 3.05) is 5.32 Å². The van der Waals surface area contributed by atoms with Crippen molar-refractivity contribution in [1.82, 2.24) is 9.55 Å². The van der Waals surface area contributed by atoms with Crippen molar-refractivity contribution in [2.45, 2.75) is 20.0 Å². The summed E-state index contributed by atoms with van der Waals surface area (Å²) in [6, 6.07) is 22.6. The van der Waals surface area contributed by atoms with Crippen LogP contribution in [0, 0.1) is 6.92 Å². The van der Waals surface area contributed by atoms with Crippen LogP contribution in [0.3, 0.4) is 0 Å². The number of anilines is 1. The lowest BCUT2D eigenvalue weighted by molar-refractivity contribution is 0.490. The van der Waals surface area contributed by atoms with Gasteiger partial charge >= 0.3 is 0 Å². The summed E-state index contributed by atoms with van der Waals surface area (Å²) < 4.78 is 7.85. The van der Waals surface area contributed by atoms with Gasteiger partial charge in [0.25, 0.3) is 0 Å². The van der Waals surface area contributed by atoms with Gasteiger partial charge in [0.05, 0.1) is 24.1 Å². The van der Waals surface area contributed by atoms with E-state index in [4.69, 9.17) is 9.40 Å². The molecule has 0 aliphatic rings. The Labute approximate surface area is 152 Å². The average Bonchev–Trinajstić information content (AvgIpc) is 3.18. The maximum Gasteiger partial charge on any atom is 0.204 e. The van der Waals surface area contributed by atoms with Crippen LogP contribution in [0.25, 0.3) is 11.0 Å². The molecule has 0 spiro atoms. The van der Waals surface area contributed by atoms with E-state index in [0.29, 0.717) is 6.54 Å². The fraction of sp³-hybridized carbons (Fsp3) is 0.150. The normalized spacial score (nSPS) is 10.6. The third-order valence-electron chi connectivity index (χ3n) is 4.05. The summed E-state index contributed by atoms with van der Waals surface area (Å²) >= 11 is 0. The fourth-order valence-electron chi connectivity index (χ4n) is 2.88. The molecule has 128 valence electrons. The number of para-hydroxylation sites is 2. The summed E-state index contributed by atoms with van der Waals surface area (Å²) in [4.78, 5) is 4.74. The van der Waals surface area contributed by atoms with E-state index in [9.17, 15) is 0 Å². The van der Waals surface area contributed by atoms with Crippen molar-refractivity contribution in [2.24, 2.45) is 0 Å². The molecule has 4 nitrogen and oxygen atoms in total. The lowest BCUT2D eigenvalue weighted by Crippen LogP contribution is -2.08. The summed E-state index contributed by atoms with van der Waals surface area (Å²) in [7, 11) is 0. The van der Waals surface area contributed by atoms with E-state index < -0.39 is 0 Å². The Morgan fingerprint density at radius 3 is 2.48 bits per heavy atom. The van der Waals surface area contributed by atoms with Crippen molar-refractivity contribution in [3.63, 3.8) is 0 Å². The van der Waals surface area contributed by atoms with Gasteiger partial charge in [-0.1, -0.05) is 42.5 Å². The number of aromatic nitrogens is 2. The second-order valence-corrected chi connectivity index (χ2v) is 5.86. The quantitative estimate of drug-likeness (QED) is 0.547. The average molecular weight is 354 g/mol. The van der Waals surface area contributed by atoms with E-state index in [1.165, 1.54) is 5.56 Å². The van der Waals surface area contributed by atoms with Crippen LogP contribution in [0.2, 0.25) is 0 Å². The molecule has 2 aromatic carbocycles. The van der Waals surface area contributed by atoms with Crippen LogP contribution in [0.5, 0.6) is 0 Å². The van der Waals surface area contributed by atoms with Gasteiger partial charge in [-0.25, -0.2) is 4.98 Å². The van der Waals surface area contributed by atoms with Gasteiger partial charge in [0.1, 0.15) is 11.5 Å². The molecule has 0 saturated heterocycles. The van der Waals surface area contributed by atoms with Crippen LogP contribution in [0.15, 0.2) is 71.1 Å². The van der Waals surface area contributed by atoms with Crippen molar-refractivity contribution in [3.05, 3.63) is 83.8 Å². The van der Waals surface area contributed by atoms with E-state index in [-0.39, 0.29) is 12.4 Å². The Hall–Kier alpha value is -2.72. The molecule has 4 rings (SSSR count). The summed E-state index contributed by atoms with van der Waals surface area (Å²) in [6.07, 6.45) is 0. The van der Waals surface area contributed by atoms with Gasteiger partial charge in [-0.05, 0) is 36.8 Å². The molecule has 0 aliphatic carbocycles. The van der Waals surface area contributed by atoms with Gasteiger partial charge in [0, 0.05) is 0 Å². The van der Waals surface area contributed by atoms with Gasteiger partial charge in [-0.3, -0.25) is 0 Å². The molecular formula is C20H20ClN3O. The van der Waals surface area contributed by atoms with Crippen molar-refractivity contribution in [3.8, 4) is 0 Å². The first kappa shape index (κ1) is 17.1. The van der Waals surface area contributed by atoms with E-state index in [2.05, 4.69) is 40.2 Å². The molecule has 0 unspecified atom stereocenters. The standard InChI is InChI=1S/C20H19N3O.ClH/c1-15-11-12-17(24-15)13-21-20-22-18-9-5-6-10-19(18)23(20)14-16-7-3-2-4-8-16;/h2-12H,13-14H2,1H3,(H,21,22);1H. The minimum Gasteiger partial charge on any atom is -0.465 e. The Morgan fingerprint density at radius 1 is 0.960 bits per heavy atom. The van der Waals surface area contributed by atoms with Crippen molar-refractivity contribution < 1.29 is 4.42 Å². The molecule has 1 N–H and O–H groups in total. The number of nitrogens with one attached hydrogen (secondary N) is 1. The molecule has 0 atom stereocenters. The number of benzene rings is 2. The molecule has 0 aliphatic heterocycles. The Kier molecular flexibility index (Phi) is 5.10. The number of fused-ring (bicyclic) bond motifs is 1. The number of imidazole rings is 1. The molecule has 5 heteroatoms. The minimum absolute atomic E-state index is 0. The van der Waals surface area contributed by atoms with Crippen LogP contribution in [-0.4, -0.2) is 9.55 Å². The molecule has 0 saturated carbocycles. The number of rotatable bonds is 5. The van der Waals surface area contributed by atoms with Crippen LogP contribution in [0.1, 0.15) is 17.1 Å². The third-order valence-corrected chi connectivity index (χ3v) is 4.05. The van der Waals surface area contributed by atoms with Crippen LogP contribution < -0.4 is 5.32 Å². The Bertz CT molecular complexity index is 959. The van der Waals surface area contributed by atoms with E-state index in [0.717, 1.165) is 35.0 Å². The first-order chi connectivity index (χ1) is 11.8. The highest BCUT2D eigenvalue weighted by Gasteiger charge is 2.11. The summed E-state index contributed by atoms with van der Waals surface area (Å²) in [5.74, 6) is 2.68. The molecule has 0 radical (unpaired) electrons. The molecule has 4 aromatic rings. The molecule has 0 amide bonds. The molecular weight excluding hydrogens is 334 g/mol. The fourth-order valence-corrected chi connectivity index (χ4v) is 2.88. The van der Waals surface area contributed by atoms with Gasteiger partial charge < -0.3 is 14.3 Å². The number of nitrogens with zero attached hydrogens (tertiary/aromatic N) is 2. The van der Waals surface area contributed by atoms with Crippen LogP contribution in [0.4, 0.5) is 5.95 Å². The van der Waals surface area contributed by atoms with E-state index in [1.807, 2.05) is 43.3 Å².